The summed E-state index contributed by atoms with van der Waals surface area (Å²) < 4.78 is 1.97. The molecule has 0 saturated carbocycles. The van der Waals surface area contributed by atoms with Crippen LogP contribution in [0, 0.1) is 0 Å². The number of nitrogens with one attached hydrogen (secondary N) is 1. The molecule has 0 bridgehead atoms. The lowest BCUT2D eigenvalue weighted by molar-refractivity contribution is 0.0469. The number of rotatable bonds is 4. The van der Waals surface area contributed by atoms with Gasteiger partial charge < -0.3 is 10.2 Å². The third kappa shape index (κ3) is 4.74. The first kappa shape index (κ1) is 20.8. The fourth-order valence-corrected chi connectivity index (χ4v) is 4.18. The Hall–Kier alpha value is -1.89. The maximum atomic E-state index is 13.0. The molecule has 2 aromatic rings. The lowest BCUT2D eigenvalue weighted by Gasteiger charge is -2.39. The van der Waals surface area contributed by atoms with Crippen molar-refractivity contribution in [1.82, 2.24) is 24.9 Å². The molecule has 152 valence electrons. The van der Waals surface area contributed by atoms with Crippen LogP contribution in [0.5, 0.6) is 0 Å². The van der Waals surface area contributed by atoms with Crippen LogP contribution in [0.2, 0.25) is 0 Å². The molecule has 28 heavy (non-hydrogen) atoms. The Labute approximate surface area is 173 Å². The van der Waals surface area contributed by atoms with E-state index in [9.17, 15) is 4.79 Å². The molecular weight excluding hydrogens is 374 g/mol. The molecular formula is C21H30ClN5O. The molecule has 2 atom stereocenters. The Kier molecular flexibility index (Phi) is 7.10. The van der Waals surface area contributed by atoms with Crippen LogP contribution in [0.25, 0.3) is 0 Å². The predicted octanol–water partition coefficient (Wildman–Crippen LogP) is 2.58. The second kappa shape index (κ2) is 9.54. The van der Waals surface area contributed by atoms with Crippen molar-refractivity contribution >= 4 is 18.3 Å². The highest BCUT2D eigenvalue weighted by Crippen LogP contribution is 2.18. The minimum atomic E-state index is 0. The zero-order valence-corrected chi connectivity index (χ0v) is 17.3. The number of aromatic nitrogens is 2. The molecule has 0 spiro atoms. The van der Waals surface area contributed by atoms with Gasteiger partial charge in [0.2, 0.25) is 0 Å². The van der Waals surface area contributed by atoms with Gasteiger partial charge in [-0.3, -0.25) is 14.4 Å². The van der Waals surface area contributed by atoms with E-state index in [2.05, 4.69) is 46.5 Å². The van der Waals surface area contributed by atoms with Gasteiger partial charge in [0.1, 0.15) is 5.69 Å². The molecule has 0 aliphatic carbocycles. The van der Waals surface area contributed by atoms with Gasteiger partial charge in [0.15, 0.2) is 0 Å². The van der Waals surface area contributed by atoms with Gasteiger partial charge in [-0.05, 0) is 37.9 Å². The summed E-state index contributed by atoms with van der Waals surface area (Å²) in [4.78, 5) is 17.4. The zero-order valence-electron chi connectivity index (χ0n) is 16.5. The van der Waals surface area contributed by atoms with Crippen molar-refractivity contribution in [2.45, 2.75) is 38.4 Å². The molecule has 2 aliphatic heterocycles. The Morgan fingerprint density at radius 1 is 1.21 bits per heavy atom. The van der Waals surface area contributed by atoms with Crippen molar-refractivity contribution in [3.63, 3.8) is 0 Å². The van der Waals surface area contributed by atoms with Gasteiger partial charge in [0, 0.05) is 45.0 Å². The molecule has 0 radical (unpaired) electrons. The average Bonchev–Trinajstić information content (AvgIpc) is 3.19. The van der Waals surface area contributed by atoms with Gasteiger partial charge in [0.05, 0.1) is 6.04 Å². The molecule has 2 aliphatic rings. The molecule has 4 rings (SSSR count). The van der Waals surface area contributed by atoms with Crippen LogP contribution in [-0.4, -0.2) is 64.3 Å². The summed E-state index contributed by atoms with van der Waals surface area (Å²) in [6, 6.07) is 13.0. The fraction of sp³-hybridized carbons (Fsp3) is 0.524. The highest BCUT2D eigenvalue weighted by atomic mass is 35.5. The van der Waals surface area contributed by atoms with E-state index >= 15 is 0 Å². The van der Waals surface area contributed by atoms with E-state index in [4.69, 9.17) is 0 Å². The summed E-state index contributed by atoms with van der Waals surface area (Å²) in [6.07, 6.45) is 4.24. The van der Waals surface area contributed by atoms with Crippen molar-refractivity contribution < 1.29 is 4.79 Å². The Bertz CT molecular complexity index is 759. The van der Waals surface area contributed by atoms with E-state index in [1.54, 1.807) is 0 Å². The van der Waals surface area contributed by atoms with Crippen molar-refractivity contribution in [2.24, 2.45) is 0 Å². The van der Waals surface area contributed by atoms with Crippen molar-refractivity contribution in [3.8, 4) is 0 Å². The topological polar surface area (TPSA) is 53.4 Å². The minimum Gasteiger partial charge on any atom is -0.332 e. The number of carbonyl (C=O) groups is 1. The Morgan fingerprint density at radius 3 is 2.75 bits per heavy atom. The highest BCUT2D eigenvalue weighted by Gasteiger charge is 2.29. The SMILES string of the molecule is C[C@@H]1CN(Cc2ccccc2)CCN1C(=O)c1ccn(C2CCCNC2)n1.Cl. The summed E-state index contributed by atoms with van der Waals surface area (Å²) in [6.45, 7) is 7.64. The monoisotopic (exact) mass is 403 g/mol. The van der Waals surface area contributed by atoms with Crippen molar-refractivity contribution in [2.75, 3.05) is 32.7 Å². The van der Waals surface area contributed by atoms with E-state index in [0.717, 1.165) is 52.1 Å². The van der Waals surface area contributed by atoms with Gasteiger partial charge >= 0.3 is 0 Å². The van der Waals surface area contributed by atoms with Crippen LogP contribution < -0.4 is 5.32 Å². The number of nitrogens with zero attached hydrogens (tertiary/aromatic N) is 4. The Morgan fingerprint density at radius 2 is 2.04 bits per heavy atom. The quantitative estimate of drug-likeness (QED) is 0.852. The summed E-state index contributed by atoms with van der Waals surface area (Å²) in [5.74, 6) is 0.0596. The fourth-order valence-electron chi connectivity index (χ4n) is 4.18. The molecule has 1 aromatic carbocycles. The first-order valence-electron chi connectivity index (χ1n) is 10.0. The van der Waals surface area contributed by atoms with Crippen LogP contribution in [0.15, 0.2) is 42.6 Å². The van der Waals surface area contributed by atoms with Crippen molar-refractivity contribution in [3.05, 3.63) is 53.9 Å². The number of piperidine rings is 1. The van der Waals surface area contributed by atoms with Gasteiger partial charge in [-0.15, -0.1) is 12.4 Å². The van der Waals surface area contributed by atoms with Crippen LogP contribution in [0.4, 0.5) is 0 Å². The number of amides is 1. The van der Waals surface area contributed by atoms with Crippen LogP contribution in [0.1, 0.15) is 41.9 Å². The summed E-state index contributed by atoms with van der Waals surface area (Å²) in [7, 11) is 0. The van der Waals surface area contributed by atoms with E-state index in [-0.39, 0.29) is 24.4 Å². The van der Waals surface area contributed by atoms with Gasteiger partial charge in [-0.2, -0.15) is 5.10 Å². The molecule has 1 aromatic heterocycles. The summed E-state index contributed by atoms with van der Waals surface area (Å²) in [5.41, 5.74) is 1.90. The van der Waals surface area contributed by atoms with Crippen LogP contribution >= 0.6 is 12.4 Å². The number of halogens is 1. The molecule has 2 fully saturated rings. The molecule has 2 saturated heterocycles. The largest absolute Gasteiger partial charge is 0.332 e. The lowest BCUT2D eigenvalue weighted by atomic mass is 10.1. The second-order valence-electron chi connectivity index (χ2n) is 7.75. The number of carbonyl (C=O) groups excluding carboxylic acids is 1. The van der Waals surface area contributed by atoms with E-state index < -0.39 is 0 Å². The van der Waals surface area contributed by atoms with Gasteiger partial charge in [0.25, 0.3) is 5.91 Å². The third-order valence-corrected chi connectivity index (χ3v) is 5.69. The summed E-state index contributed by atoms with van der Waals surface area (Å²) >= 11 is 0. The molecule has 1 unspecified atom stereocenters. The molecule has 3 heterocycles. The number of piperazine rings is 1. The normalized spacial score (nSPS) is 23.2. The van der Waals surface area contributed by atoms with Gasteiger partial charge in [-0.1, -0.05) is 30.3 Å². The summed E-state index contributed by atoms with van der Waals surface area (Å²) in [5, 5.41) is 8.01. The second-order valence-corrected chi connectivity index (χ2v) is 7.75. The van der Waals surface area contributed by atoms with E-state index in [1.165, 1.54) is 5.56 Å². The van der Waals surface area contributed by atoms with Crippen molar-refractivity contribution in [1.29, 1.82) is 0 Å². The smallest absolute Gasteiger partial charge is 0.274 e. The van der Waals surface area contributed by atoms with E-state index in [1.807, 2.05) is 27.9 Å². The average molecular weight is 404 g/mol. The van der Waals surface area contributed by atoms with Crippen LogP contribution in [-0.2, 0) is 6.54 Å². The predicted molar refractivity (Wildman–Crippen MR) is 113 cm³/mol. The number of benzene rings is 1. The first-order valence-corrected chi connectivity index (χ1v) is 10.0. The first-order chi connectivity index (χ1) is 13.2. The third-order valence-electron chi connectivity index (χ3n) is 5.69. The standard InChI is InChI=1S/C21H29N5O.ClH/c1-17-15-24(16-18-6-3-2-4-7-18)12-13-25(17)21(27)20-9-11-26(23-20)19-8-5-10-22-14-19;/h2-4,6-7,9,11,17,19,22H,5,8,10,12-16H2,1H3;1H/t17-,19?;/m1./s1. The maximum absolute atomic E-state index is 13.0. The highest BCUT2D eigenvalue weighted by molar-refractivity contribution is 5.92. The maximum Gasteiger partial charge on any atom is 0.274 e. The zero-order chi connectivity index (χ0) is 18.6. The number of hydrogen-bond acceptors (Lipinski definition) is 4. The lowest BCUT2D eigenvalue weighted by Crippen LogP contribution is -2.53. The van der Waals surface area contributed by atoms with Gasteiger partial charge in [-0.25, -0.2) is 0 Å². The molecule has 1 amide bonds. The molecule has 1 N–H and O–H groups in total. The number of hydrogen-bond donors (Lipinski definition) is 1. The Balaban J connectivity index is 0.00000225. The minimum absolute atomic E-state index is 0. The molecule has 7 heteroatoms. The molecule has 6 nitrogen and oxygen atoms in total. The van der Waals surface area contributed by atoms with E-state index in [0.29, 0.717) is 11.7 Å². The van der Waals surface area contributed by atoms with Crippen LogP contribution in [0.3, 0.4) is 0 Å².